The Morgan fingerprint density at radius 1 is 1.16 bits per heavy atom. The normalized spacial score (nSPS) is 19.2. The van der Waals surface area contributed by atoms with Crippen LogP contribution in [0.4, 0.5) is 5.69 Å². The van der Waals surface area contributed by atoms with Crippen LogP contribution in [0.15, 0.2) is 48.5 Å². The van der Waals surface area contributed by atoms with Crippen molar-refractivity contribution in [1.82, 2.24) is 4.90 Å². The van der Waals surface area contributed by atoms with E-state index in [1.807, 2.05) is 30.9 Å². The van der Waals surface area contributed by atoms with Crippen LogP contribution in [0.25, 0.3) is 0 Å². The van der Waals surface area contributed by atoms with Crippen LogP contribution in [-0.4, -0.2) is 41.0 Å². The van der Waals surface area contributed by atoms with Crippen molar-refractivity contribution in [2.24, 2.45) is 11.3 Å². The second kappa shape index (κ2) is 9.31. The number of nitrogens with zero attached hydrogens (tertiary/aromatic N) is 1. The Morgan fingerprint density at radius 3 is 2.42 bits per heavy atom. The Balaban J connectivity index is 1.75. The van der Waals surface area contributed by atoms with Crippen LogP contribution in [0.3, 0.4) is 0 Å². The van der Waals surface area contributed by atoms with Gasteiger partial charge < -0.3 is 15.3 Å². The maximum absolute atomic E-state index is 13.5. The molecule has 1 saturated heterocycles. The molecule has 2 N–H and O–H groups in total. The standard InChI is InChI=1S/C25H31ClN2O3/c1-16(2)22(27-20-7-5-6-18(14-20)24(30)31)23(29)28-13-12-21(25(3,4)15-28)17-8-10-19(26)11-9-17/h5-11,14,16,21-22,27H,12-13,15H2,1-4H3,(H,30,31)/t21?,22-/m1/s1. The number of aromatic carboxylic acids is 1. The van der Waals surface area contributed by atoms with Crippen molar-refractivity contribution >= 4 is 29.2 Å². The third kappa shape index (κ3) is 5.40. The average molecular weight is 443 g/mol. The van der Waals surface area contributed by atoms with E-state index < -0.39 is 12.0 Å². The highest BCUT2D eigenvalue weighted by Gasteiger charge is 2.40. The van der Waals surface area contributed by atoms with Gasteiger partial charge in [0.25, 0.3) is 0 Å². The van der Waals surface area contributed by atoms with Crippen LogP contribution in [-0.2, 0) is 4.79 Å². The maximum Gasteiger partial charge on any atom is 0.335 e. The summed E-state index contributed by atoms with van der Waals surface area (Å²) in [5.74, 6) is -0.523. The lowest BCUT2D eigenvalue weighted by Gasteiger charge is -2.46. The topological polar surface area (TPSA) is 69.6 Å². The molecule has 31 heavy (non-hydrogen) atoms. The molecule has 1 aliphatic rings. The van der Waals surface area contributed by atoms with Crippen LogP contribution in [0.2, 0.25) is 5.02 Å². The molecule has 0 radical (unpaired) electrons. The summed E-state index contributed by atoms with van der Waals surface area (Å²) in [6.07, 6.45) is 0.889. The van der Waals surface area contributed by atoms with Gasteiger partial charge in [-0.05, 0) is 59.6 Å². The molecule has 1 unspecified atom stereocenters. The molecule has 1 heterocycles. The van der Waals surface area contributed by atoms with E-state index >= 15 is 0 Å². The number of piperidine rings is 1. The van der Waals surface area contributed by atoms with Gasteiger partial charge in [-0.2, -0.15) is 0 Å². The molecule has 5 nitrogen and oxygen atoms in total. The molecular weight excluding hydrogens is 412 g/mol. The first-order valence-electron chi connectivity index (χ1n) is 10.7. The highest BCUT2D eigenvalue weighted by atomic mass is 35.5. The van der Waals surface area contributed by atoms with Crippen LogP contribution in [0.5, 0.6) is 0 Å². The lowest BCUT2D eigenvalue weighted by atomic mass is 9.70. The number of nitrogens with one attached hydrogen (secondary N) is 1. The minimum Gasteiger partial charge on any atom is -0.478 e. The van der Waals surface area contributed by atoms with E-state index in [0.29, 0.717) is 24.7 Å². The number of likely N-dealkylation sites (tertiary alicyclic amines) is 1. The maximum atomic E-state index is 13.5. The van der Waals surface area contributed by atoms with Crippen molar-refractivity contribution in [2.75, 3.05) is 18.4 Å². The zero-order chi connectivity index (χ0) is 22.8. The molecule has 1 aliphatic heterocycles. The first-order valence-corrected chi connectivity index (χ1v) is 11.1. The highest BCUT2D eigenvalue weighted by molar-refractivity contribution is 6.30. The van der Waals surface area contributed by atoms with Crippen molar-refractivity contribution in [1.29, 1.82) is 0 Å². The smallest absolute Gasteiger partial charge is 0.335 e. The summed E-state index contributed by atoms with van der Waals surface area (Å²) in [4.78, 5) is 26.7. The molecule has 2 aromatic rings. The summed E-state index contributed by atoms with van der Waals surface area (Å²) in [5.41, 5.74) is 2.02. The van der Waals surface area contributed by atoms with Gasteiger partial charge in [0.1, 0.15) is 6.04 Å². The molecule has 1 amide bonds. The van der Waals surface area contributed by atoms with Crippen molar-refractivity contribution in [3.63, 3.8) is 0 Å². The van der Waals surface area contributed by atoms with Crippen molar-refractivity contribution in [3.05, 3.63) is 64.7 Å². The van der Waals surface area contributed by atoms with Crippen LogP contribution >= 0.6 is 11.6 Å². The summed E-state index contributed by atoms with van der Waals surface area (Å²) in [6.45, 7) is 9.78. The van der Waals surface area contributed by atoms with Crippen molar-refractivity contribution < 1.29 is 14.7 Å². The van der Waals surface area contributed by atoms with E-state index in [4.69, 9.17) is 11.6 Å². The number of benzene rings is 2. The lowest BCUT2D eigenvalue weighted by molar-refractivity contribution is -0.136. The molecule has 166 valence electrons. The van der Waals surface area contributed by atoms with E-state index in [9.17, 15) is 14.7 Å². The van der Waals surface area contributed by atoms with Gasteiger partial charge in [0.15, 0.2) is 0 Å². The first-order chi connectivity index (χ1) is 14.6. The molecule has 0 aromatic heterocycles. The van der Waals surface area contributed by atoms with E-state index in [1.165, 1.54) is 5.56 Å². The molecule has 0 aliphatic carbocycles. The average Bonchev–Trinajstić information content (AvgIpc) is 2.71. The van der Waals surface area contributed by atoms with Gasteiger partial charge in [-0.25, -0.2) is 4.79 Å². The Morgan fingerprint density at radius 2 is 1.84 bits per heavy atom. The minimum atomic E-state index is -0.984. The summed E-state index contributed by atoms with van der Waals surface area (Å²) >= 11 is 6.05. The van der Waals surface area contributed by atoms with Crippen molar-refractivity contribution in [3.8, 4) is 0 Å². The van der Waals surface area contributed by atoms with Gasteiger partial charge in [0.05, 0.1) is 5.56 Å². The van der Waals surface area contributed by atoms with Crippen LogP contribution in [0, 0.1) is 11.3 Å². The SMILES string of the molecule is CC(C)[C@@H](Nc1cccc(C(=O)O)c1)C(=O)N1CCC(c2ccc(Cl)cc2)C(C)(C)C1. The van der Waals surface area contributed by atoms with E-state index in [1.54, 1.807) is 24.3 Å². The van der Waals surface area contributed by atoms with E-state index in [-0.39, 0.29) is 22.8 Å². The molecule has 0 bridgehead atoms. The molecule has 6 heteroatoms. The Bertz CT molecular complexity index is 940. The molecule has 1 fully saturated rings. The van der Waals surface area contributed by atoms with Crippen LogP contribution < -0.4 is 5.32 Å². The van der Waals surface area contributed by atoms with E-state index in [2.05, 4.69) is 31.3 Å². The molecule has 0 saturated carbocycles. The second-order valence-electron chi connectivity index (χ2n) is 9.39. The third-order valence-electron chi connectivity index (χ3n) is 6.18. The number of carboxylic acids is 1. The molecular formula is C25H31ClN2O3. The number of amides is 1. The van der Waals surface area contributed by atoms with Gasteiger partial charge in [-0.1, -0.05) is 57.5 Å². The summed E-state index contributed by atoms with van der Waals surface area (Å²) < 4.78 is 0. The molecule has 2 aromatic carbocycles. The third-order valence-corrected chi connectivity index (χ3v) is 6.43. The second-order valence-corrected chi connectivity index (χ2v) is 9.83. The monoisotopic (exact) mass is 442 g/mol. The Hall–Kier alpha value is -2.53. The molecule has 2 atom stereocenters. The molecule has 3 rings (SSSR count). The quantitative estimate of drug-likeness (QED) is 0.618. The number of hydrogen-bond donors (Lipinski definition) is 2. The molecule has 0 spiro atoms. The number of anilines is 1. The van der Waals surface area contributed by atoms with E-state index in [0.717, 1.165) is 11.4 Å². The van der Waals surface area contributed by atoms with Crippen molar-refractivity contribution in [2.45, 2.75) is 46.1 Å². The number of rotatable bonds is 6. The predicted octanol–water partition coefficient (Wildman–Crippen LogP) is 5.52. The fourth-order valence-electron chi connectivity index (χ4n) is 4.49. The number of carbonyl (C=O) groups excluding carboxylic acids is 1. The highest BCUT2D eigenvalue weighted by Crippen LogP contribution is 2.42. The fraction of sp³-hybridized carbons (Fsp3) is 0.440. The minimum absolute atomic E-state index is 0.0538. The van der Waals surface area contributed by atoms with Gasteiger partial charge in [-0.15, -0.1) is 0 Å². The summed E-state index contributed by atoms with van der Waals surface area (Å²) in [5, 5.41) is 13.3. The largest absolute Gasteiger partial charge is 0.478 e. The summed E-state index contributed by atoms with van der Waals surface area (Å²) in [7, 11) is 0. The number of hydrogen-bond acceptors (Lipinski definition) is 3. The number of carbonyl (C=O) groups is 2. The zero-order valence-electron chi connectivity index (χ0n) is 18.6. The van der Waals surface area contributed by atoms with Crippen LogP contribution in [0.1, 0.15) is 56.0 Å². The Kier molecular flexibility index (Phi) is 6.95. The number of carboxylic acid groups (broad SMARTS) is 1. The Labute approximate surface area is 189 Å². The van der Waals surface area contributed by atoms with Gasteiger partial charge in [-0.3, -0.25) is 4.79 Å². The number of halogens is 1. The predicted molar refractivity (Wildman–Crippen MR) is 125 cm³/mol. The lowest BCUT2D eigenvalue weighted by Crippen LogP contribution is -2.53. The first kappa shape index (κ1) is 23.1. The van der Waals surface area contributed by atoms with Gasteiger partial charge >= 0.3 is 5.97 Å². The fourth-order valence-corrected chi connectivity index (χ4v) is 4.62. The van der Waals surface area contributed by atoms with Gasteiger partial charge in [0.2, 0.25) is 5.91 Å². The van der Waals surface area contributed by atoms with Gasteiger partial charge in [0, 0.05) is 23.8 Å². The zero-order valence-corrected chi connectivity index (χ0v) is 19.3. The summed E-state index contributed by atoms with van der Waals surface area (Å²) in [6, 6.07) is 14.2.